The Hall–Kier alpha value is -1.16. The van der Waals surface area contributed by atoms with Gasteiger partial charge in [-0.05, 0) is 55.7 Å². The second kappa shape index (κ2) is 6.08. The highest BCUT2D eigenvalue weighted by Gasteiger charge is 2.23. The van der Waals surface area contributed by atoms with Crippen LogP contribution in [0.15, 0.2) is 18.2 Å². The lowest BCUT2D eigenvalue weighted by Gasteiger charge is -2.28. The Kier molecular flexibility index (Phi) is 4.20. The molecule has 0 spiro atoms. The summed E-state index contributed by atoms with van der Waals surface area (Å²) in [7, 11) is 0. The molecule has 2 unspecified atom stereocenters. The predicted molar refractivity (Wildman–Crippen MR) is 85.7 cm³/mol. The smallest absolute Gasteiger partial charge is 0.251 e. The van der Waals surface area contributed by atoms with Crippen molar-refractivity contribution in [2.45, 2.75) is 43.4 Å². The van der Waals surface area contributed by atoms with E-state index in [1.807, 2.05) is 30.0 Å². The standard InChI is InChI=1S/C16H22N2OS/c1-20-14-4-2-3-13(10-14)18-16(19)12-5-6-15-11(9-12)7-8-17-15/h5-6,9,13-14,17H,2-4,7-8,10H2,1H3,(H,18,19). The fourth-order valence-electron chi connectivity index (χ4n) is 3.20. The SMILES string of the molecule is CSC1CCCC(NC(=O)c2ccc3c(c2)CCN3)C1. The molecule has 2 atom stereocenters. The van der Waals surface area contributed by atoms with Gasteiger partial charge in [0.2, 0.25) is 0 Å². The Balaban J connectivity index is 1.64. The molecule has 20 heavy (non-hydrogen) atoms. The first-order valence-electron chi connectivity index (χ1n) is 7.46. The molecule has 108 valence electrons. The summed E-state index contributed by atoms with van der Waals surface area (Å²) in [5.41, 5.74) is 3.25. The molecule has 1 aliphatic carbocycles. The van der Waals surface area contributed by atoms with E-state index in [4.69, 9.17) is 0 Å². The molecular formula is C16H22N2OS. The van der Waals surface area contributed by atoms with Crippen LogP contribution in [0.1, 0.15) is 41.6 Å². The van der Waals surface area contributed by atoms with Crippen LogP contribution in [0.5, 0.6) is 0 Å². The molecule has 1 heterocycles. The highest BCUT2D eigenvalue weighted by atomic mass is 32.2. The van der Waals surface area contributed by atoms with Crippen molar-refractivity contribution < 1.29 is 4.79 Å². The normalized spacial score (nSPS) is 24.9. The number of rotatable bonds is 3. The maximum absolute atomic E-state index is 12.4. The monoisotopic (exact) mass is 290 g/mol. The zero-order valence-electron chi connectivity index (χ0n) is 11.9. The van der Waals surface area contributed by atoms with E-state index in [2.05, 4.69) is 16.9 Å². The van der Waals surface area contributed by atoms with Gasteiger partial charge in [-0.2, -0.15) is 11.8 Å². The van der Waals surface area contributed by atoms with Gasteiger partial charge < -0.3 is 10.6 Å². The Morgan fingerprint density at radius 2 is 2.30 bits per heavy atom. The van der Waals surface area contributed by atoms with Gasteiger partial charge in [0.1, 0.15) is 0 Å². The van der Waals surface area contributed by atoms with Crippen LogP contribution in [0.2, 0.25) is 0 Å². The lowest BCUT2D eigenvalue weighted by Crippen LogP contribution is -2.39. The van der Waals surface area contributed by atoms with Gasteiger partial charge in [0.25, 0.3) is 5.91 Å². The first kappa shape index (κ1) is 13.8. The van der Waals surface area contributed by atoms with Crippen LogP contribution >= 0.6 is 11.8 Å². The second-order valence-electron chi connectivity index (χ2n) is 5.74. The van der Waals surface area contributed by atoms with Gasteiger partial charge in [-0.25, -0.2) is 0 Å². The maximum Gasteiger partial charge on any atom is 0.251 e. The summed E-state index contributed by atoms with van der Waals surface area (Å²) in [5.74, 6) is 0.0893. The first-order valence-corrected chi connectivity index (χ1v) is 8.75. The van der Waals surface area contributed by atoms with Gasteiger partial charge in [-0.15, -0.1) is 0 Å². The number of amides is 1. The van der Waals surface area contributed by atoms with Gasteiger partial charge in [0.15, 0.2) is 0 Å². The van der Waals surface area contributed by atoms with Gasteiger partial charge >= 0.3 is 0 Å². The summed E-state index contributed by atoms with van der Waals surface area (Å²) < 4.78 is 0. The van der Waals surface area contributed by atoms with Crippen molar-refractivity contribution in [1.29, 1.82) is 0 Å². The van der Waals surface area contributed by atoms with Crippen LogP contribution in [-0.4, -0.2) is 30.0 Å². The number of fused-ring (bicyclic) bond motifs is 1. The molecule has 1 saturated carbocycles. The van der Waals surface area contributed by atoms with Gasteiger partial charge in [0.05, 0.1) is 0 Å². The van der Waals surface area contributed by atoms with Crippen LogP contribution in [0, 0.1) is 0 Å². The summed E-state index contributed by atoms with van der Waals surface area (Å²) >= 11 is 1.93. The van der Waals surface area contributed by atoms with Crippen molar-refractivity contribution in [3.05, 3.63) is 29.3 Å². The van der Waals surface area contributed by atoms with Gasteiger partial charge in [0, 0.05) is 29.1 Å². The van der Waals surface area contributed by atoms with Crippen molar-refractivity contribution in [1.82, 2.24) is 5.32 Å². The predicted octanol–water partition coefficient (Wildman–Crippen LogP) is 3.06. The number of nitrogens with one attached hydrogen (secondary N) is 2. The van der Waals surface area contributed by atoms with E-state index in [1.165, 1.54) is 24.1 Å². The van der Waals surface area contributed by atoms with E-state index in [0.29, 0.717) is 11.3 Å². The summed E-state index contributed by atoms with van der Waals surface area (Å²) in [6.07, 6.45) is 7.94. The zero-order chi connectivity index (χ0) is 13.9. The maximum atomic E-state index is 12.4. The van der Waals surface area contributed by atoms with Crippen molar-refractivity contribution in [3.8, 4) is 0 Å². The van der Waals surface area contributed by atoms with Gasteiger partial charge in [-0.3, -0.25) is 4.79 Å². The average molecular weight is 290 g/mol. The number of carbonyl (C=O) groups excluding carboxylic acids is 1. The third-order valence-corrected chi connectivity index (χ3v) is 5.47. The largest absolute Gasteiger partial charge is 0.384 e. The topological polar surface area (TPSA) is 41.1 Å². The highest BCUT2D eigenvalue weighted by Crippen LogP contribution is 2.27. The van der Waals surface area contributed by atoms with E-state index < -0.39 is 0 Å². The molecule has 1 aromatic carbocycles. The van der Waals surface area contributed by atoms with Crippen molar-refractivity contribution in [2.75, 3.05) is 18.1 Å². The zero-order valence-corrected chi connectivity index (χ0v) is 12.8. The Morgan fingerprint density at radius 3 is 3.15 bits per heavy atom. The second-order valence-corrected chi connectivity index (χ2v) is 6.88. The fourth-order valence-corrected chi connectivity index (χ4v) is 4.03. The van der Waals surface area contributed by atoms with Crippen LogP contribution in [-0.2, 0) is 6.42 Å². The Bertz CT molecular complexity index is 503. The van der Waals surface area contributed by atoms with E-state index in [0.717, 1.165) is 31.4 Å². The van der Waals surface area contributed by atoms with E-state index in [9.17, 15) is 4.79 Å². The highest BCUT2D eigenvalue weighted by molar-refractivity contribution is 7.99. The van der Waals surface area contributed by atoms with Crippen LogP contribution in [0.4, 0.5) is 5.69 Å². The number of benzene rings is 1. The van der Waals surface area contributed by atoms with Crippen LogP contribution in [0.25, 0.3) is 0 Å². The van der Waals surface area contributed by atoms with Crippen molar-refractivity contribution in [2.24, 2.45) is 0 Å². The lowest BCUT2D eigenvalue weighted by molar-refractivity contribution is 0.0928. The van der Waals surface area contributed by atoms with Crippen LogP contribution < -0.4 is 10.6 Å². The number of hydrogen-bond donors (Lipinski definition) is 2. The molecule has 0 bridgehead atoms. The quantitative estimate of drug-likeness (QED) is 0.899. The first-order chi connectivity index (χ1) is 9.76. The number of thioether (sulfide) groups is 1. The molecule has 0 saturated heterocycles. The Labute approximate surface area is 124 Å². The minimum absolute atomic E-state index is 0.0893. The Morgan fingerprint density at radius 1 is 1.40 bits per heavy atom. The molecular weight excluding hydrogens is 268 g/mol. The van der Waals surface area contributed by atoms with Gasteiger partial charge in [-0.1, -0.05) is 6.42 Å². The summed E-state index contributed by atoms with van der Waals surface area (Å²) in [6, 6.07) is 6.35. The molecule has 3 nitrogen and oxygen atoms in total. The average Bonchev–Trinajstić information content (AvgIpc) is 2.94. The number of carbonyl (C=O) groups is 1. The van der Waals surface area contributed by atoms with Crippen molar-refractivity contribution >= 4 is 23.4 Å². The molecule has 2 aliphatic rings. The molecule has 1 fully saturated rings. The van der Waals surface area contributed by atoms with Crippen LogP contribution in [0.3, 0.4) is 0 Å². The molecule has 3 rings (SSSR count). The molecule has 1 aromatic rings. The molecule has 1 aliphatic heterocycles. The fraction of sp³-hybridized carbons (Fsp3) is 0.562. The molecule has 0 radical (unpaired) electrons. The third-order valence-electron chi connectivity index (χ3n) is 4.37. The number of hydrogen-bond acceptors (Lipinski definition) is 3. The molecule has 0 aromatic heterocycles. The minimum Gasteiger partial charge on any atom is -0.384 e. The number of anilines is 1. The summed E-state index contributed by atoms with van der Waals surface area (Å²) in [5, 5.41) is 7.25. The van der Waals surface area contributed by atoms with E-state index >= 15 is 0 Å². The minimum atomic E-state index is 0.0893. The molecule has 1 amide bonds. The molecule has 4 heteroatoms. The lowest BCUT2D eigenvalue weighted by atomic mass is 9.94. The van der Waals surface area contributed by atoms with E-state index in [-0.39, 0.29) is 5.91 Å². The van der Waals surface area contributed by atoms with E-state index in [1.54, 1.807) is 0 Å². The van der Waals surface area contributed by atoms with Crippen molar-refractivity contribution in [3.63, 3.8) is 0 Å². The summed E-state index contributed by atoms with van der Waals surface area (Å²) in [4.78, 5) is 12.4. The molecule has 2 N–H and O–H groups in total. The summed E-state index contributed by atoms with van der Waals surface area (Å²) in [6.45, 7) is 0.985. The third kappa shape index (κ3) is 2.95.